The van der Waals surface area contributed by atoms with Crippen LogP contribution in [0.1, 0.15) is 23.2 Å². The fraction of sp³-hybridized carbons (Fsp3) is 0.300. The van der Waals surface area contributed by atoms with Crippen LogP contribution < -0.4 is 10.6 Å². The number of nitrogens with one attached hydrogen (secondary N) is 2. The van der Waals surface area contributed by atoms with Gasteiger partial charge in [-0.3, -0.25) is 19.4 Å². The number of aromatic nitrogens is 1. The van der Waals surface area contributed by atoms with Crippen molar-refractivity contribution >= 4 is 23.4 Å². The molecule has 3 amide bonds. The predicted octanol–water partition coefficient (Wildman–Crippen LogP) is 1.83. The van der Waals surface area contributed by atoms with Crippen molar-refractivity contribution in [3.05, 3.63) is 60.2 Å². The van der Waals surface area contributed by atoms with Crippen LogP contribution in [0, 0.1) is 11.7 Å². The van der Waals surface area contributed by atoms with E-state index in [9.17, 15) is 18.8 Å². The molecule has 0 aliphatic carbocycles. The van der Waals surface area contributed by atoms with Crippen LogP contribution in [-0.4, -0.2) is 47.2 Å². The van der Waals surface area contributed by atoms with Gasteiger partial charge in [-0.2, -0.15) is 0 Å². The van der Waals surface area contributed by atoms with E-state index >= 15 is 0 Å². The third-order valence-electron chi connectivity index (χ3n) is 4.69. The van der Waals surface area contributed by atoms with Crippen molar-refractivity contribution in [2.75, 3.05) is 25.0 Å². The molecular weight excluding hydrogens is 363 g/mol. The molecule has 2 aromatic rings. The molecule has 7 nitrogen and oxygen atoms in total. The van der Waals surface area contributed by atoms with Gasteiger partial charge in [0.25, 0.3) is 5.91 Å². The van der Waals surface area contributed by atoms with Crippen molar-refractivity contribution in [3.8, 4) is 0 Å². The van der Waals surface area contributed by atoms with Crippen LogP contribution in [0.2, 0.25) is 0 Å². The SMILES string of the molecule is O=C(NCC1CCN(C(=O)c2ccncc2)CC1)C(=O)Nc1ccc(F)cc1. The minimum Gasteiger partial charge on any atom is -0.348 e. The van der Waals surface area contributed by atoms with Gasteiger partial charge < -0.3 is 15.5 Å². The molecule has 1 aromatic heterocycles. The molecular formula is C20H21FN4O3. The molecule has 3 rings (SSSR count). The summed E-state index contributed by atoms with van der Waals surface area (Å²) >= 11 is 0. The summed E-state index contributed by atoms with van der Waals surface area (Å²) in [5, 5.41) is 5.04. The van der Waals surface area contributed by atoms with Gasteiger partial charge in [-0.15, -0.1) is 0 Å². The van der Waals surface area contributed by atoms with Gasteiger partial charge in [0, 0.05) is 43.3 Å². The highest BCUT2D eigenvalue weighted by molar-refractivity contribution is 6.39. The molecule has 0 atom stereocenters. The summed E-state index contributed by atoms with van der Waals surface area (Å²) in [4.78, 5) is 41.9. The second-order valence-electron chi connectivity index (χ2n) is 6.64. The Kier molecular flexibility index (Phi) is 6.31. The first-order valence-electron chi connectivity index (χ1n) is 9.07. The maximum atomic E-state index is 12.9. The molecule has 1 aliphatic rings. The van der Waals surface area contributed by atoms with Gasteiger partial charge in [-0.1, -0.05) is 0 Å². The van der Waals surface area contributed by atoms with Gasteiger partial charge >= 0.3 is 11.8 Å². The second-order valence-corrected chi connectivity index (χ2v) is 6.64. The Morgan fingerprint density at radius 2 is 1.64 bits per heavy atom. The topological polar surface area (TPSA) is 91.4 Å². The van der Waals surface area contributed by atoms with Crippen molar-refractivity contribution < 1.29 is 18.8 Å². The molecule has 28 heavy (non-hydrogen) atoms. The number of likely N-dealkylation sites (tertiary alicyclic amines) is 1. The number of rotatable bonds is 4. The average Bonchev–Trinajstić information content (AvgIpc) is 2.74. The highest BCUT2D eigenvalue weighted by atomic mass is 19.1. The molecule has 1 aromatic carbocycles. The number of anilines is 1. The van der Waals surface area contributed by atoms with E-state index in [2.05, 4.69) is 15.6 Å². The lowest BCUT2D eigenvalue weighted by molar-refractivity contribution is -0.136. The first-order chi connectivity index (χ1) is 13.5. The summed E-state index contributed by atoms with van der Waals surface area (Å²) in [6.45, 7) is 1.57. The van der Waals surface area contributed by atoms with Crippen molar-refractivity contribution in [3.63, 3.8) is 0 Å². The van der Waals surface area contributed by atoms with Crippen LogP contribution in [0.25, 0.3) is 0 Å². The van der Waals surface area contributed by atoms with E-state index in [1.54, 1.807) is 29.4 Å². The first-order valence-corrected chi connectivity index (χ1v) is 9.07. The number of carbonyl (C=O) groups is 3. The van der Waals surface area contributed by atoms with Crippen molar-refractivity contribution in [1.29, 1.82) is 0 Å². The van der Waals surface area contributed by atoms with Gasteiger partial charge in [0.05, 0.1) is 0 Å². The van der Waals surface area contributed by atoms with Gasteiger partial charge in [0.1, 0.15) is 5.82 Å². The summed E-state index contributed by atoms with van der Waals surface area (Å²) in [6.07, 6.45) is 4.67. The Balaban J connectivity index is 1.41. The Bertz CT molecular complexity index is 834. The normalized spacial score (nSPS) is 14.4. The maximum Gasteiger partial charge on any atom is 0.313 e. The lowest BCUT2D eigenvalue weighted by atomic mass is 9.96. The van der Waals surface area contributed by atoms with Crippen LogP contribution in [-0.2, 0) is 9.59 Å². The lowest BCUT2D eigenvalue weighted by Crippen LogP contribution is -2.43. The van der Waals surface area contributed by atoms with Crippen molar-refractivity contribution in [1.82, 2.24) is 15.2 Å². The highest BCUT2D eigenvalue weighted by Crippen LogP contribution is 2.18. The zero-order valence-corrected chi connectivity index (χ0v) is 15.2. The van der Waals surface area contributed by atoms with Gasteiger partial charge in [-0.25, -0.2) is 4.39 Å². The summed E-state index contributed by atoms with van der Waals surface area (Å²) in [6, 6.07) is 8.55. The summed E-state index contributed by atoms with van der Waals surface area (Å²) in [5.74, 6) is -1.78. The zero-order chi connectivity index (χ0) is 19.9. The first kappa shape index (κ1) is 19.5. The third-order valence-corrected chi connectivity index (χ3v) is 4.69. The van der Waals surface area contributed by atoms with E-state index < -0.39 is 17.6 Å². The summed E-state index contributed by atoms with van der Waals surface area (Å²) < 4.78 is 12.9. The van der Waals surface area contributed by atoms with E-state index in [1.807, 2.05) is 0 Å². The Morgan fingerprint density at radius 3 is 2.29 bits per heavy atom. The number of hydrogen-bond donors (Lipinski definition) is 2. The molecule has 2 heterocycles. The number of piperidine rings is 1. The minimum atomic E-state index is -0.795. The van der Waals surface area contributed by atoms with Gasteiger partial charge in [0.15, 0.2) is 0 Å². The Morgan fingerprint density at radius 1 is 1.00 bits per heavy atom. The number of pyridine rings is 1. The zero-order valence-electron chi connectivity index (χ0n) is 15.2. The monoisotopic (exact) mass is 384 g/mol. The van der Waals surface area contributed by atoms with Crippen LogP contribution in [0.3, 0.4) is 0 Å². The van der Waals surface area contributed by atoms with Crippen molar-refractivity contribution in [2.24, 2.45) is 5.92 Å². The standard InChI is InChI=1S/C20H21FN4O3/c21-16-1-3-17(4-2-16)24-19(27)18(26)23-13-14-7-11-25(12-8-14)20(28)15-5-9-22-10-6-15/h1-6,9-10,14H,7-8,11-13H2,(H,23,26)(H,24,27). The second kappa shape index (κ2) is 9.07. The van der Waals surface area contributed by atoms with E-state index in [4.69, 9.17) is 0 Å². The number of amides is 3. The molecule has 2 N–H and O–H groups in total. The maximum absolute atomic E-state index is 12.9. The number of hydrogen-bond acceptors (Lipinski definition) is 4. The quantitative estimate of drug-likeness (QED) is 0.787. The summed E-state index contributed by atoms with van der Waals surface area (Å²) in [7, 11) is 0. The predicted molar refractivity (Wildman–Crippen MR) is 101 cm³/mol. The molecule has 1 aliphatic heterocycles. The molecule has 1 fully saturated rings. The van der Waals surface area contributed by atoms with Crippen LogP contribution in [0.4, 0.5) is 10.1 Å². The number of carbonyl (C=O) groups excluding carboxylic acids is 3. The number of benzene rings is 1. The number of nitrogens with zero attached hydrogens (tertiary/aromatic N) is 2. The molecule has 0 bridgehead atoms. The fourth-order valence-corrected chi connectivity index (χ4v) is 3.06. The number of halogens is 1. The van der Waals surface area contributed by atoms with E-state index in [0.717, 1.165) is 12.8 Å². The Hall–Kier alpha value is -3.29. The summed E-state index contributed by atoms with van der Waals surface area (Å²) in [5.41, 5.74) is 0.962. The molecule has 0 unspecified atom stereocenters. The molecule has 8 heteroatoms. The lowest BCUT2D eigenvalue weighted by Gasteiger charge is -2.32. The molecule has 146 valence electrons. The van der Waals surface area contributed by atoms with Gasteiger partial charge in [-0.05, 0) is 55.2 Å². The average molecular weight is 384 g/mol. The largest absolute Gasteiger partial charge is 0.348 e. The minimum absolute atomic E-state index is 0.0245. The smallest absolute Gasteiger partial charge is 0.313 e. The molecule has 0 spiro atoms. The van der Waals surface area contributed by atoms with E-state index in [0.29, 0.717) is 30.9 Å². The van der Waals surface area contributed by atoms with Crippen molar-refractivity contribution in [2.45, 2.75) is 12.8 Å². The molecule has 0 saturated carbocycles. The Labute approximate surface area is 161 Å². The van der Waals surface area contributed by atoms with E-state index in [1.165, 1.54) is 24.3 Å². The highest BCUT2D eigenvalue weighted by Gasteiger charge is 2.24. The van der Waals surface area contributed by atoms with Crippen LogP contribution in [0.15, 0.2) is 48.8 Å². The van der Waals surface area contributed by atoms with Gasteiger partial charge in [0.2, 0.25) is 0 Å². The van der Waals surface area contributed by atoms with Crippen LogP contribution in [0.5, 0.6) is 0 Å². The van der Waals surface area contributed by atoms with Crippen LogP contribution >= 0.6 is 0 Å². The molecule has 1 saturated heterocycles. The third kappa shape index (κ3) is 5.12. The van der Waals surface area contributed by atoms with E-state index in [-0.39, 0.29) is 11.8 Å². The molecule has 0 radical (unpaired) electrons. The fourth-order valence-electron chi connectivity index (χ4n) is 3.06.